The predicted molar refractivity (Wildman–Crippen MR) is 91.4 cm³/mol. The van der Waals surface area contributed by atoms with Crippen molar-refractivity contribution in [3.63, 3.8) is 0 Å². The van der Waals surface area contributed by atoms with Gasteiger partial charge >= 0.3 is 5.63 Å². The third-order valence-corrected chi connectivity index (χ3v) is 4.09. The van der Waals surface area contributed by atoms with Gasteiger partial charge in [-0.25, -0.2) is 9.78 Å². The van der Waals surface area contributed by atoms with Crippen LogP contribution in [0, 0.1) is 0 Å². The van der Waals surface area contributed by atoms with Gasteiger partial charge in [-0.05, 0) is 36.4 Å². The molecule has 2 aromatic carbocycles. The van der Waals surface area contributed by atoms with Crippen molar-refractivity contribution >= 4 is 39.2 Å². The van der Waals surface area contributed by atoms with Gasteiger partial charge in [-0.3, -0.25) is 5.73 Å². The van der Waals surface area contributed by atoms with E-state index in [-0.39, 0.29) is 5.82 Å². The maximum Gasteiger partial charge on any atom is 0.352 e. The largest absolute Gasteiger partial charge is 0.422 e. The quantitative estimate of drug-likeness (QED) is 0.429. The number of aromatic amines is 1. The fourth-order valence-corrected chi connectivity index (χ4v) is 2.88. The van der Waals surface area contributed by atoms with Crippen molar-refractivity contribution in [1.29, 1.82) is 0 Å². The minimum atomic E-state index is -0.449. The van der Waals surface area contributed by atoms with Crippen molar-refractivity contribution in [3.05, 3.63) is 70.0 Å². The number of hydrogen-bond acceptors (Lipinski definition) is 3. The van der Waals surface area contributed by atoms with Crippen molar-refractivity contribution in [2.75, 3.05) is 5.73 Å². The van der Waals surface area contributed by atoms with Crippen molar-refractivity contribution in [2.45, 2.75) is 0 Å². The molecule has 4 aromatic rings. The fraction of sp³-hybridized carbons (Fsp3) is 0. The average Bonchev–Trinajstić information content (AvgIpc) is 2.55. The number of benzene rings is 2. The number of pyridine rings is 1. The van der Waals surface area contributed by atoms with Crippen LogP contribution in [0.2, 0.25) is 5.02 Å². The zero-order valence-corrected chi connectivity index (χ0v) is 12.7. The molecule has 23 heavy (non-hydrogen) atoms. The SMILES string of the molecule is Nc1[nH+]c(-c2ccc(Cl)cc2)cc2c1c(=O)oc1ccccc12. The van der Waals surface area contributed by atoms with Crippen molar-refractivity contribution in [2.24, 2.45) is 0 Å². The van der Waals surface area contributed by atoms with Gasteiger partial charge in [0.1, 0.15) is 11.3 Å². The Morgan fingerprint density at radius 1 is 1.00 bits per heavy atom. The monoisotopic (exact) mass is 323 g/mol. The van der Waals surface area contributed by atoms with Crippen LogP contribution in [0.15, 0.2) is 63.8 Å². The van der Waals surface area contributed by atoms with Gasteiger partial charge in [-0.15, -0.1) is 0 Å². The Morgan fingerprint density at radius 2 is 1.74 bits per heavy atom. The van der Waals surface area contributed by atoms with Crippen LogP contribution in [0.1, 0.15) is 0 Å². The number of aromatic nitrogens is 1. The average molecular weight is 324 g/mol. The van der Waals surface area contributed by atoms with Crippen LogP contribution >= 0.6 is 11.6 Å². The minimum absolute atomic E-state index is 0.284. The molecule has 112 valence electrons. The molecule has 0 aliphatic rings. The zero-order chi connectivity index (χ0) is 16.0. The summed E-state index contributed by atoms with van der Waals surface area (Å²) < 4.78 is 5.34. The number of rotatable bonds is 1. The minimum Gasteiger partial charge on any atom is -0.422 e. The lowest BCUT2D eigenvalue weighted by molar-refractivity contribution is -0.345. The number of nitrogens with two attached hydrogens (primary N) is 1. The normalized spacial score (nSPS) is 11.2. The topological polar surface area (TPSA) is 70.4 Å². The molecule has 0 aliphatic heterocycles. The molecule has 4 rings (SSSR count). The summed E-state index contributed by atoms with van der Waals surface area (Å²) in [5.74, 6) is 0.284. The lowest BCUT2D eigenvalue weighted by Crippen LogP contribution is -2.17. The van der Waals surface area contributed by atoms with E-state index >= 15 is 0 Å². The van der Waals surface area contributed by atoms with E-state index in [0.717, 1.165) is 22.0 Å². The lowest BCUT2D eigenvalue weighted by atomic mass is 10.0. The maximum absolute atomic E-state index is 12.2. The summed E-state index contributed by atoms with van der Waals surface area (Å²) in [6.07, 6.45) is 0. The Bertz CT molecular complexity index is 1100. The molecule has 0 bridgehead atoms. The Kier molecular flexibility index (Phi) is 3.06. The highest BCUT2D eigenvalue weighted by Crippen LogP contribution is 2.28. The number of halogens is 1. The van der Waals surface area contributed by atoms with Crippen molar-refractivity contribution < 1.29 is 9.40 Å². The van der Waals surface area contributed by atoms with Gasteiger partial charge in [0, 0.05) is 21.4 Å². The van der Waals surface area contributed by atoms with Crippen molar-refractivity contribution in [3.8, 4) is 11.3 Å². The highest BCUT2D eigenvalue weighted by Gasteiger charge is 2.16. The predicted octanol–water partition coefficient (Wildman–Crippen LogP) is 3.66. The fourth-order valence-electron chi connectivity index (χ4n) is 2.75. The molecule has 0 radical (unpaired) electrons. The third kappa shape index (κ3) is 2.24. The molecule has 0 saturated carbocycles. The Labute approximate surface area is 136 Å². The first kappa shape index (κ1) is 13.8. The van der Waals surface area contributed by atoms with Gasteiger partial charge in [0.15, 0.2) is 5.39 Å². The van der Waals surface area contributed by atoms with E-state index in [4.69, 9.17) is 21.8 Å². The first-order valence-corrected chi connectivity index (χ1v) is 7.44. The molecule has 2 heterocycles. The first-order chi connectivity index (χ1) is 11.1. The molecule has 0 aliphatic carbocycles. The molecule has 3 N–H and O–H groups in total. The van der Waals surface area contributed by atoms with Crippen LogP contribution in [-0.2, 0) is 0 Å². The molecule has 0 amide bonds. The lowest BCUT2D eigenvalue weighted by Gasteiger charge is -2.05. The Morgan fingerprint density at radius 3 is 2.52 bits per heavy atom. The number of anilines is 1. The summed E-state index contributed by atoms with van der Waals surface area (Å²) in [6, 6.07) is 16.7. The Hall–Kier alpha value is -2.85. The summed E-state index contributed by atoms with van der Waals surface area (Å²) in [4.78, 5) is 15.3. The van der Waals surface area contributed by atoms with E-state index in [2.05, 4.69) is 4.98 Å². The summed E-state index contributed by atoms with van der Waals surface area (Å²) in [6.45, 7) is 0. The van der Waals surface area contributed by atoms with Gasteiger partial charge < -0.3 is 4.42 Å². The molecular weight excluding hydrogens is 312 g/mol. The Balaban J connectivity index is 2.11. The van der Waals surface area contributed by atoms with E-state index in [1.165, 1.54) is 0 Å². The molecule has 5 heteroatoms. The van der Waals surface area contributed by atoms with E-state index in [1.807, 2.05) is 48.5 Å². The van der Waals surface area contributed by atoms with Crippen LogP contribution in [0.5, 0.6) is 0 Å². The second kappa shape index (κ2) is 5.11. The summed E-state index contributed by atoms with van der Waals surface area (Å²) in [7, 11) is 0. The second-order valence-corrected chi connectivity index (χ2v) is 5.71. The van der Waals surface area contributed by atoms with Gasteiger partial charge in [-0.1, -0.05) is 29.8 Å². The first-order valence-electron chi connectivity index (χ1n) is 7.07. The van der Waals surface area contributed by atoms with Crippen LogP contribution in [0.25, 0.3) is 33.0 Å². The molecule has 2 aromatic heterocycles. The maximum atomic E-state index is 12.2. The van der Waals surface area contributed by atoms with Crippen LogP contribution in [-0.4, -0.2) is 0 Å². The van der Waals surface area contributed by atoms with Gasteiger partial charge in [0.25, 0.3) is 5.82 Å². The number of para-hydroxylation sites is 1. The van der Waals surface area contributed by atoms with E-state index in [1.54, 1.807) is 6.07 Å². The van der Waals surface area contributed by atoms with Crippen LogP contribution < -0.4 is 16.3 Å². The van der Waals surface area contributed by atoms with E-state index in [0.29, 0.717) is 16.0 Å². The molecule has 0 spiro atoms. The highest BCUT2D eigenvalue weighted by atomic mass is 35.5. The molecule has 0 fully saturated rings. The third-order valence-electron chi connectivity index (χ3n) is 3.84. The van der Waals surface area contributed by atoms with Gasteiger partial charge in [-0.2, -0.15) is 0 Å². The number of H-pyrrole nitrogens is 1. The molecular formula is C18H12ClN2O2+. The smallest absolute Gasteiger partial charge is 0.352 e. The van der Waals surface area contributed by atoms with Gasteiger partial charge in [0.2, 0.25) is 0 Å². The zero-order valence-electron chi connectivity index (χ0n) is 12.0. The summed E-state index contributed by atoms with van der Waals surface area (Å²) >= 11 is 5.94. The number of hydrogen-bond donors (Lipinski definition) is 1. The van der Waals surface area contributed by atoms with E-state index in [9.17, 15) is 4.79 Å². The standard InChI is InChI=1S/C18H11ClN2O2/c19-11-7-5-10(6-8-11)14-9-13-12-3-1-2-4-15(12)23-18(22)16(13)17(20)21-14/h1-9H,(H2,20,21)/p+1. The number of fused-ring (bicyclic) bond motifs is 3. The summed E-state index contributed by atoms with van der Waals surface area (Å²) in [5, 5.41) is 2.63. The second-order valence-electron chi connectivity index (χ2n) is 5.28. The van der Waals surface area contributed by atoms with Crippen molar-refractivity contribution in [1.82, 2.24) is 0 Å². The molecule has 4 nitrogen and oxygen atoms in total. The summed E-state index contributed by atoms with van der Waals surface area (Å²) in [5.41, 5.74) is 7.90. The van der Waals surface area contributed by atoms with Crippen LogP contribution in [0.4, 0.5) is 5.82 Å². The van der Waals surface area contributed by atoms with Crippen LogP contribution in [0.3, 0.4) is 0 Å². The molecule has 0 atom stereocenters. The van der Waals surface area contributed by atoms with Gasteiger partial charge in [0.05, 0.1) is 0 Å². The van der Waals surface area contributed by atoms with E-state index < -0.39 is 5.63 Å². The number of nitrogens with one attached hydrogen (secondary N) is 1. The highest BCUT2D eigenvalue weighted by molar-refractivity contribution is 6.30. The number of nitrogen functional groups attached to an aromatic ring is 1. The molecule has 0 saturated heterocycles. The molecule has 0 unspecified atom stereocenters.